The van der Waals surface area contributed by atoms with Crippen LogP contribution in [0.1, 0.15) is 45.6 Å². The van der Waals surface area contributed by atoms with Crippen LogP contribution in [0.5, 0.6) is 5.75 Å². The monoisotopic (exact) mass is 364 g/mol. The third kappa shape index (κ3) is 8.00. The molecule has 0 saturated heterocycles. The predicted octanol–water partition coefficient (Wildman–Crippen LogP) is 1.92. The molecule has 0 aliphatic rings. The SMILES string of the molecule is CC(C)C[C@H](NC(=O)CNC(=O)COc1cccc(C(C)C)c1)C(=O)O. The lowest BCUT2D eigenvalue weighted by atomic mass is 10.0. The first-order chi connectivity index (χ1) is 12.2. The number of amides is 2. The van der Waals surface area contributed by atoms with Crippen molar-refractivity contribution in [3.05, 3.63) is 29.8 Å². The van der Waals surface area contributed by atoms with Gasteiger partial charge in [-0.05, 0) is 36.0 Å². The second-order valence-corrected chi connectivity index (χ2v) is 6.88. The fraction of sp³-hybridized carbons (Fsp3) is 0.526. The van der Waals surface area contributed by atoms with Crippen LogP contribution < -0.4 is 15.4 Å². The van der Waals surface area contributed by atoms with Crippen molar-refractivity contribution in [2.45, 2.75) is 46.1 Å². The molecule has 0 unspecified atom stereocenters. The Morgan fingerprint density at radius 2 is 1.81 bits per heavy atom. The summed E-state index contributed by atoms with van der Waals surface area (Å²) in [6.07, 6.45) is 0.324. The van der Waals surface area contributed by atoms with Crippen LogP contribution in [0.25, 0.3) is 0 Å². The average molecular weight is 364 g/mol. The number of aliphatic carboxylic acids is 1. The molecular formula is C19H28N2O5. The predicted molar refractivity (Wildman–Crippen MR) is 98.1 cm³/mol. The van der Waals surface area contributed by atoms with E-state index in [0.29, 0.717) is 18.1 Å². The number of nitrogens with one attached hydrogen (secondary N) is 2. The van der Waals surface area contributed by atoms with Gasteiger partial charge in [-0.15, -0.1) is 0 Å². The number of rotatable bonds is 10. The van der Waals surface area contributed by atoms with Crippen LogP contribution in [0.15, 0.2) is 24.3 Å². The molecule has 0 heterocycles. The van der Waals surface area contributed by atoms with E-state index < -0.39 is 23.8 Å². The van der Waals surface area contributed by atoms with E-state index in [-0.39, 0.29) is 19.1 Å². The van der Waals surface area contributed by atoms with Gasteiger partial charge in [-0.2, -0.15) is 0 Å². The van der Waals surface area contributed by atoms with Crippen molar-refractivity contribution >= 4 is 17.8 Å². The molecule has 26 heavy (non-hydrogen) atoms. The van der Waals surface area contributed by atoms with Crippen LogP contribution in [0.4, 0.5) is 0 Å². The molecule has 0 saturated carbocycles. The Kier molecular flexibility index (Phi) is 8.61. The number of carbonyl (C=O) groups is 3. The maximum Gasteiger partial charge on any atom is 0.326 e. The molecule has 2 amide bonds. The molecule has 1 aromatic carbocycles. The molecule has 0 radical (unpaired) electrons. The summed E-state index contributed by atoms with van der Waals surface area (Å²) in [4.78, 5) is 34.7. The molecule has 0 bridgehead atoms. The summed E-state index contributed by atoms with van der Waals surface area (Å²) in [5, 5.41) is 13.9. The Balaban J connectivity index is 2.40. The largest absolute Gasteiger partial charge is 0.484 e. The number of carbonyl (C=O) groups excluding carboxylic acids is 2. The zero-order chi connectivity index (χ0) is 19.7. The highest BCUT2D eigenvalue weighted by atomic mass is 16.5. The number of benzene rings is 1. The first kappa shape index (κ1) is 21.5. The van der Waals surface area contributed by atoms with E-state index >= 15 is 0 Å². The molecule has 3 N–H and O–H groups in total. The summed E-state index contributed by atoms with van der Waals surface area (Å²) in [5.74, 6) is -1.03. The Hall–Kier alpha value is -2.57. The normalized spacial score (nSPS) is 11.9. The summed E-state index contributed by atoms with van der Waals surface area (Å²) in [7, 11) is 0. The van der Waals surface area contributed by atoms with Gasteiger partial charge < -0.3 is 20.5 Å². The molecule has 0 aliphatic heterocycles. The minimum atomic E-state index is -1.09. The number of hydrogen-bond acceptors (Lipinski definition) is 4. The van der Waals surface area contributed by atoms with Gasteiger partial charge >= 0.3 is 5.97 Å². The maximum absolute atomic E-state index is 11.8. The Bertz CT molecular complexity index is 628. The first-order valence-electron chi connectivity index (χ1n) is 8.70. The van der Waals surface area contributed by atoms with Crippen LogP contribution in [-0.2, 0) is 14.4 Å². The standard InChI is InChI=1S/C19H28N2O5/c1-12(2)8-16(19(24)25)21-17(22)10-20-18(23)11-26-15-7-5-6-14(9-15)13(3)4/h5-7,9,12-13,16H,8,10-11H2,1-4H3,(H,20,23)(H,21,22)(H,24,25)/t16-/m0/s1. The molecule has 7 nitrogen and oxygen atoms in total. The van der Waals surface area contributed by atoms with E-state index in [1.165, 1.54) is 0 Å². The van der Waals surface area contributed by atoms with Crippen molar-refractivity contribution in [1.82, 2.24) is 10.6 Å². The van der Waals surface area contributed by atoms with Gasteiger partial charge in [-0.3, -0.25) is 9.59 Å². The van der Waals surface area contributed by atoms with Gasteiger partial charge in [0.1, 0.15) is 11.8 Å². The van der Waals surface area contributed by atoms with Crippen LogP contribution in [0.2, 0.25) is 0 Å². The summed E-state index contributed by atoms with van der Waals surface area (Å²) in [5.41, 5.74) is 1.10. The Morgan fingerprint density at radius 3 is 2.38 bits per heavy atom. The number of carboxylic acids is 1. The zero-order valence-corrected chi connectivity index (χ0v) is 15.7. The highest BCUT2D eigenvalue weighted by Gasteiger charge is 2.21. The van der Waals surface area contributed by atoms with Gasteiger partial charge in [0.15, 0.2) is 6.61 Å². The van der Waals surface area contributed by atoms with E-state index in [1.807, 2.05) is 32.0 Å². The molecule has 1 aromatic rings. The number of ether oxygens (including phenoxy) is 1. The Labute approximate surface area is 154 Å². The second-order valence-electron chi connectivity index (χ2n) is 6.88. The molecule has 1 atom stereocenters. The van der Waals surface area contributed by atoms with E-state index in [1.54, 1.807) is 6.07 Å². The lowest BCUT2D eigenvalue weighted by Gasteiger charge is -2.16. The Morgan fingerprint density at radius 1 is 1.12 bits per heavy atom. The molecule has 0 spiro atoms. The zero-order valence-electron chi connectivity index (χ0n) is 15.7. The summed E-state index contributed by atoms with van der Waals surface area (Å²) < 4.78 is 5.42. The fourth-order valence-corrected chi connectivity index (χ4v) is 2.28. The number of hydrogen-bond donors (Lipinski definition) is 3. The molecule has 144 valence electrons. The lowest BCUT2D eigenvalue weighted by Crippen LogP contribution is -2.46. The smallest absolute Gasteiger partial charge is 0.326 e. The third-order valence-electron chi connectivity index (χ3n) is 3.68. The summed E-state index contributed by atoms with van der Waals surface area (Å²) >= 11 is 0. The van der Waals surface area contributed by atoms with Crippen LogP contribution in [0, 0.1) is 5.92 Å². The fourth-order valence-electron chi connectivity index (χ4n) is 2.28. The van der Waals surface area contributed by atoms with Crippen molar-refractivity contribution in [3.63, 3.8) is 0 Å². The van der Waals surface area contributed by atoms with Crippen LogP contribution >= 0.6 is 0 Å². The molecule has 7 heteroatoms. The van der Waals surface area contributed by atoms with Gasteiger partial charge in [0, 0.05) is 0 Å². The first-order valence-corrected chi connectivity index (χ1v) is 8.70. The van der Waals surface area contributed by atoms with E-state index in [9.17, 15) is 14.4 Å². The maximum atomic E-state index is 11.8. The minimum absolute atomic E-state index is 0.126. The number of carboxylic acid groups (broad SMARTS) is 1. The van der Waals surface area contributed by atoms with Crippen LogP contribution in [0.3, 0.4) is 0 Å². The van der Waals surface area contributed by atoms with Crippen LogP contribution in [-0.4, -0.2) is 42.1 Å². The van der Waals surface area contributed by atoms with Gasteiger partial charge in [0.05, 0.1) is 6.54 Å². The second kappa shape index (κ2) is 10.4. The quantitative estimate of drug-likeness (QED) is 0.588. The van der Waals surface area contributed by atoms with Crippen molar-refractivity contribution < 1.29 is 24.2 Å². The lowest BCUT2D eigenvalue weighted by molar-refractivity contribution is -0.142. The van der Waals surface area contributed by atoms with Crippen molar-refractivity contribution in [2.24, 2.45) is 5.92 Å². The molecule has 0 aliphatic carbocycles. The van der Waals surface area contributed by atoms with Gasteiger partial charge in [-0.25, -0.2) is 4.79 Å². The topological polar surface area (TPSA) is 105 Å². The van der Waals surface area contributed by atoms with E-state index in [2.05, 4.69) is 24.5 Å². The molecule has 0 aromatic heterocycles. The van der Waals surface area contributed by atoms with E-state index in [0.717, 1.165) is 5.56 Å². The minimum Gasteiger partial charge on any atom is -0.484 e. The molecular weight excluding hydrogens is 336 g/mol. The van der Waals surface area contributed by atoms with Crippen molar-refractivity contribution in [1.29, 1.82) is 0 Å². The third-order valence-corrected chi connectivity index (χ3v) is 3.68. The van der Waals surface area contributed by atoms with Crippen molar-refractivity contribution in [2.75, 3.05) is 13.2 Å². The van der Waals surface area contributed by atoms with Gasteiger partial charge in [-0.1, -0.05) is 39.8 Å². The highest BCUT2D eigenvalue weighted by Crippen LogP contribution is 2.19. The van der Waals surface area contributed by atoms with Gasteiger partial charge in [0.2, 0.25) is 5.91 Å². The highest BCUT2D eigenvalue weighted by molar-refractivity contribution is 5.88. The molecule has 1 rings (SSSR count). The van der Waals surface area contributed by atoms with Gasteiger partial charge in [0.25, 0.3) is 5.91 Å². The van der Waals surface area contributed by atoms with Crippen molar-refractivity contribution in [3.8, 4) is 5.75 Å². The summed E-state index contributed by atoms with van der Waals surface area (Å²) in [6, 6.07) is 6.51. The van der Waals surface area contributed by atoms with E-state index in [4.69, 9.17) is 9.84 Å². The average Bonchev–Trinajstić information content (AvgIpc) is 2.57. The molecule has 0 fully saturated rings. The summed E-state index contributed by atoms with van der Waals surface area (Å²) in [6.45, 7) is 7.35.